The van der Waals surface area contributed by atoms with Gasteiger partial charge in [0.2, 0.25) is 0 Å². The van der Waals surface area contributed by atoms with Crippen molar-refractivity contribution in [2.24, 2.45) is 0 Å². The van der Waals surface area contributed by atoms with Crippen LogP contribution in [-0.2, 0) is 19.4 Å². The van der Waals surface area contributed by atoms with E-state index in [2.05, 4.69) is 24.9 Å². The van der Waals surface area contributed by atoms with Gasteiger partial charge in [-0.2, -0.15) is 5.10 Å². The molecule has 0 spiro atoms. The Morgan fingerprint density at radius 2 is 1.96 bits per heavy atom. The molecule has 0 atom stereocenters. The zero-order chi connectivity index (χ0) is 16.4. The lowest BCUT2D eigenvalue weighted by Crippen LogP contribution is -2.48. The Morgan fingerprint density at radius 1 is 1.08 bits per heavy atom. The molecule has 0 radical (unpaired) electrons. The first kappa shape index (κ1) is 15.3. The molecular formula is C17H22N6O. The molecule has 0 saturated carbocycles. The highest BCUT2D eigenvalue weighted by Gasteiger charge is 2.19. The number of aryl methyl sites for hydroxylation is 2. The van der Waals surface area contributed by atoms with Crippen LogP contribution in [0.15, 0.2) is 29.5 Å². The minimum Gasteiger partial charge on any atom is -0.354 e. The van der Waals surface area contributed by atoms with E-state index in [4.69, 9.17) is 0 Å². The van der Waals surface area contributed by atoms with Crippen LogP contribution < -0.4 is 10.5 Å². The van der Waals surface area contributed by atoms with Gasteiger partial charge < -0.3 is 4.90 Å². The molecule has 7 heteroatoms. The van der Waals surface area contributed by atoms with Crippen LogP contribution in [0.4, 0.5) is 5.82 Å². The van der Waals surface area contributed by atoms with E-state index < -0.39 is 0 Å². The van der Waals surface area contributed by atoms with E-state index in [-0.39, 0.29) is 5.56 Å². The lowest BCUT2D eigenvalue weighted by molar-refractivity contribution is 0.242. The summed E-state index contributed by atoms with van der Waals surface area (Å²) in [5, 5.41) is 4.55. The smallest absolute Gasteiger partial charge is 0.267 e. The summed E-state index contributed by atoms with van der Waals surface area (Å²) in [7, 11) is 0. The van der Waals surface area contributed by atoms with Gasteiger partial charge in [0.15, 0.2) is 0 Å². The molecule has 2 aromatic rings. The molecule has 4 rings (SSSR count). The van der Waals surface area contributed by atoms with Crippen LogP contribution in [0, 0.1) is 0 Å². The maximum Gasteiger partial charge on any atom is 0.267 e. The molecule has 7 nitrogen and oxygen atoms in total. The average molecular weight is 326 g/mol. The Morgan fingerprint density at radius 3 is 2.75 bits per heavy atom. The molecule has 0 amide bonds. The highest BCUT2D eigenvalue weighted by atomic mass is 16.1. The normalized spacial score (nSPS) is 17.9. The van der Waals surface area contributed by atoms with E-state index in [1.165, 1.54) is 0 Å². The maximum atomic E-state index is 12.1. The summed E-state index contributed by atoms with van der Waals surface area (Å²) in [6, 6.07) is 3.73. The van der Waals surface area contributed by atoms with Gasteiger partial charge in [0, 0.05) is 45.0 Å². The topological polar surface area (TPSA) is 67.2 Å². The van der Waals surface area contributed by atoms with Crippen molar-refractivity contribution in [3.8, 4) is 0 Å². The fraction of sp³-hybridized carbons (Fsp3) is 0.529. The van der Waals surface area contributed by atoms with Crippen LogP contribution in [-0.4, -0.2) is 57.4 Å². The van der Waals surface area contributed by atoms with Gasteiger partial charge >= 0.3 is 0 Å². The first-order valence-electron chi connectivity index (χ1n) is 8.63. The van der Waals surface area contributed by atoms with Crippen LogP contribution in [0.1, 0.15) is 17.7 Å². The molecule has 3 heterocycles. The molecule has 0 aromatic carbocycles. The van der Waals surface area contributed by atoms with E-state index in [1.54, 1.807) is 23.3 Å². The third-order valence-corrected chi connectivity index (χ3v) is 4.91. The molecule has 0 unspecified atom stereocenters. The minimum atomic E-state index is 0.0373. The van der Waals surface area contributed by atoms with Crippen molar-refractivity contribution in [3.63, 3.8) is 0 Å². The number of aromatic nitrogens is 4. The van der Waals surface area contributed by atoms with Crippen LogP contribution in [0.25, 0.3) is 0 Å². The quantitative estimate of drug-likeness (QED) is 0.807. The molecule has 1 fully saturated rings. The van der Waals surface area contributed by atoms with Gasteiger partial charge in [0.1, 0.15) is 12.1 Å². The average Bonchev–Trinajstić information content (AvgIpc) is 3.08. The molecule has 126 valence electrons. The molecule has 2 aromatic heterocycles. The predicted octanol–water partition coefficient (Wildman–Crippen LogP) is 0.344. The molecule has 1 aliphatic heterocycles. The number of anilines is 1. The summed E-state index contributed by atoms with van der Waals surface area (Å²) >= 11 is 0. The Labute approximate surface area is 140 Å². The van der Waals surface area contributed by atoms with Crippen molar-refractivity contribution in [2.75, 3.05) is 37.6 Å². The van der Waals surface area contributed by atoms with Crippen LogP contribution in [0.3, 0.4) is 0 Å². The number of fused-ring (bicyclic) bond motifs is 1. The van der Waals surface area contributed by atoms with Crippen molar-refractivity contribution in [3.05, 3.63) is 46.3 Å². The monoisotopic (exact) mass is 326 g/mol. The standard InChI is InChI=1S/C17H22N6O/c24-17-12-14-2-1-3-15(14)20-23(17)11-8-21-6-9-22(10-7-21)16-4-5-18-13-19-16/h4-5,12-13H,1-3,6-11H2. The van der Waals surface area contributed by atoms with Crippen molar-refractivity contribution >= 4 is 5.82 Å². The molecule has 24 heavy (non-hydrogen) atoms. The van der Waals surface area contributed by atoms with Gasteiger partial charge in [0.05, 0.1) is 12.2 Å². The molecule has 0 bridgehead atoms. The zero-order valence-corrected chi connectivity index (χ0v) is 13.8. The van der Waals surface area contributed by atoms with E-state index in [1.807, 2.05) is 6.07 Å². The van der Waals surface area contributed by atoms with Crippen molar-refractivity contribution in [1.82, 2.24) is 24.6 Å². The van der Waals surface area contributed by atoms with Gasteiger partial charge in [-0.1, -0.05) is 0 Å². The second-order valence-corrected chi connectivity index (χ2v) is 6.43. The van der Waals surface area contributed by atoms with Crippen molar-refractivity contribution < 1.29 is 0 Å². The van der Waals surface area contributed by atoms with Gasteiger partial charge in [0.25, 0.3) is 5.56 Å². The minimum absolute atomic E-state index is 0.0373. The summed E-state index contributed by atoms with van der Waals surface area (Å²) in [5.74, 6) is 0.987. The maximum absolute atomic E-state index is 12.1. The predicted molar refractivity (Wildman–Crippen MR) is 91.2 cm³/mol. The van der Waals surface area contributed by atoms with E-state index in [9.17, 15) is 4.79 Å². The first-order chi connectivity index (χ1) is 11.8. The van der Waals surface area contributed by atoms with E-state index in [0.29, 0.717) is 6.54 Å². The summed E-state index contributed by atoms with van der Waals surface area (Å²) in [5.41, 5.74) is 2.30. The third-order valence-electron chi connectivity index (χ3n) is 4.91. The lowest BCUT2D eigenvalue weighted by atomic mass is 10.2. The van der Waals surface area contributed by atoms with Gasteiger partial charge in [-0.15, -0.1) is 0 Å². The molecular weight excluding hydrogens is 304 g/mol. The Kier molecular flexibility index (Phi) is 4.25. The fourth-order valence-corrected chi connectivity index (χ4v) is 3.51. The summed E-state index contributed by atoms with van der Waals surface area (Å²) in [4.78, 5) is 25.1. The summed E-state index contributed by atoms with van der Waals surface area (Å²) in [6.45, 7) is 5.38. The molecule has 0 N–H and O–H groups in total. The lowest BCUT2D eigenvalue weighted by Gasteiger charge is -2.35. The van der Waals surface area contributed by atoms with Crippen LogP contribution in [0.2, 0.25) is 0 Å². The summed E-state index contributed by atoms with van der Waals surface area (Å²) in [6.07, 6.45) is 6.50. The van der Waals surface area contributed by atoms with Crippen LogP contribution in [0.5, 0.6) is 0 Å². The first-order valence-corrected chi connectivity index (χ1v) is 8.63. The van der Waals surface area contributed by atoms with Crippen molar-refractivity contribution in [2.45, 2.75) is 25.8 Å². The molecule has 2 aliphatic rings. The highest BCUT2D eigenvalue weighted by Crippen LogP contribution is 2.17. The van der Waals surface area contributed by atoms with Gasteiger partial charge in [-0.3, -0.25) is 9.69 Å². The SMILES string of the molecule is O=c1cc2c(nn1CCN1CCN(c3ccncn3)CC1)CCC2. The van der Waals surface area contributed by atoms with E-state index in [0.717, 1.165) is 69.1 Å². The number of rotatable bonds is 4. The zero-order valence-electron chi connectivity index (χ0n) is 13.8. The number of nitrogens with zero attached hydrogens (tertiary/aromatic N) is 6. The molecule has 1 aliphatic carbocycles. The Hall–Kier alpha value is -2.28. The molecule has 1 saturated heterocycles. The Bertz CT molecular complexity index is 751. The van der Waals surface area contributed by atoms with E-state index >= 15 is 0 Å². The number of hydrogen-bond donors (Lipinski definition) is 0. The van der Waals surface area contributed by atoms with Gasteiger partial charge in [-0.05, 0) is 30.9 Å². The summed E-state index contributed by atoms with van der Waals surface area (Å²) < 4.78 is 1.64. The Balaban J connectivity index is 1.33. The number of hydrogen-bond acceptors (Lipinski definition) is 6. The third kappa shape index (κ3) is 3.17. The van der Waals surface area contributed by atoms with Crippen LogP contribution >= 0.6 is 0 Å². The fourth-order valence-electron chi connectivity index (χ4n) is 3.51. The van der Waals surface area contributed by atoms with Gasteiger partial charge in [-0.25, -0.2) is 14.6 Å². The highest BCUT2D eigenvalue weighted by molar-refractivity contribution is 5.36. The largest absolute Gasteiger partial charge is 0.354 e. The van der Waals surface area contributed by atoms with Crippen molar-refractivity contribution in [1.29, 1.82) is 0 Å². The number of piperazine rings is 1. The second kappa shape index (κ2) is 6.68. The second-order valence-electron chi connectivity index (χ2n) is 6.43.